The molecular formula is C34H31NO4S. The number of carbonyl (C=O) groups is 1. The van der Waals surface area contributed by atoms with E-state index in [4.69, 9.17) is 9.47 Å². The molecule has 0 spiro atoms. The largest absolute Gasteiger partial charge is 0.508 e. The number of phenols is 1. The molecule has 6 rings (SSSR count). The molecule has 0 amide bonds. The van der Waals surface area contributed by atoms with Gasteiger partial charge in [0.05, 0.1) is 5.56 Å². The quantitative estimate of drug-likeness (QED) is 0.152. The molecule has 0 radical (unpaired) electrons. The Bertz CT molecular complexity index is 1590. The third-order valence-corrected chi connectivity index (χ3v) is 8.54. The predicted molar refractivity (Wildman–Crippen MR) is 161 cm³/mol. The van der Waals surface area contributed by atoms with Crippen molar-refractivity contribution in [2.45, 2.75) is 19.3 Å². The first-order valence-corrected chi connectivity index (χ1v) is 14.5. The second kappa shape index (κ2) is 11.9. The zero-order valence-electron chi connectivity index (χ0n) is 22.2. The number of aromatic hydroxyl groups is 1. The van der Waals surface area contributed by atoms with E-state index >= 15 is 0 Å². The molecule has 1 aliphatic heterocycles. The lowest BCUT2D eigenvalue weighted by atomic mass is 9.99. The Labute approximate surface area is 238 Å². The van der Waals surface area contributed by atoms with E-state index in [2.05, 4.69) is 29.2 Å². The zero-order chi connectivity index (χ0) is 27.3. The van der Waals surface area contributed by atoms with Crippen LogP contribution in [0.15, 0.2) is 97.1 Å². The summed E-state index contributed by atoms with van der Waals surface area (Å²) in [6, 6.07) is 30.5. The summed E-state index contributed by atoms with van der Waals surface area (Å²) in [5, 5.41) is 11.0. The standard InChI is InChI=1S/C34H31NO4S/c36-27-12-10-25(11-13-27)33-31(22-24-8-14-28(15-9-24)38-21-20-35-18-4-5-19-35)30-17-16-29(23-32(30)40-33)39-34(37)26-6-2-1-3-7-26/h1-3,6-17,23,36H,4-5,18-22H2. The second-order valence-electron chi connectivity index (χ2n) is 10.1. The van der Waals surface area contributed by atoms with Crippen LogP contribution in [0.3, 0.4) is 0 Å². The average Bonchev–Trinajstić information content (AvgIpc) is 3.63. The van der Waals surface area contributed by atoms with Gasteiger partial charge in [0.25, 0.3) is 0 Å². The van der Waals surface area contributed by atoms with Gasteiger partial charge in [0.15, 0.2) is 0 Å². The Morgan fingerprint density at radius 3 is 2.33 bits per heavy atom. The number of phenolic OH excluding ortho intramolecular Hbond substituents is 1. The maximum absolute atomic E-state index is 12.6. The molecule has 0 bridgehead atoms. The lowest BCUT2D eigenvalue weighted by Gasteiger charge is -2.15. The summed E-state index contributed by atoms with van der Waals surface area (Å²) < 4.78 is 12.7. The minimum absolute atomic E-state index is 0.238. The van der Waals surface area contributed by atoms with Gasteiger partial charge in [-0.25, -0.2) is 4.79 Å². The number of hydrogen-bond acceptors (Lipinski definition) is 6. The van der Waals surface area contributed by atoms with Crippen LogP contribution < -0.4 is 9.47 Å². The van der Waals surface area contributed by atoms with Crippen molar-refractivity contribution < 1.29 is 19.4 Å². The Morgan fingerprint density at radius 2 is 1.57 bits per heavy atom. The van der Waals surface area contributed by atoms with Crippen LogP contribution in [0.4, 0.5) is 0 Å². The number of hydrogen-bond donors (Lipinski definition) is 1. The molecule has 202 valence electrons. The highest BCUT2D eigenvalue weighted by molar-refractivity contribution is 7.22. The predicted octanol–water partition coefficient (Wildman–Crippen LogP) is 7.56. The summed E-state index contributed by atoms with van der Waals surface area (Å²) in [7, 11) is 0. The van der Waals surface area contributed by atoms with Crippen molar-refractivity contribution in [2.24, 2.45) is 0 Å². The van der Waals surface area contributed by atoms with E-state index in [-0.39, 0.29) is 11.7 Å². The molecule has 0 unspecified atom stereocenters. The lowest BCUT2D eigenvalue weighted by molar-refractivity contribution is 0.0735. The fourth-order valence-electron chi connectivity index (χ4n) is 5.16. The summed E-state index contributed by atoms with van der Waals surface area (Å²) in [6.45, 7) is 4.03. The third-order valence-electron chi connectivity index (χ3n) is 7.29. The van der Waals surface area contributed by atoms with E-state index in [0.29, 0.717) is 17.9 Å². The number of carbonyl (C=O) groups excluding carboxylic acids is 1. The van der Waals surface area contributed by atoms with E-state index < -0.39 is 0 Å². The Morgan fingerprint density at radius 1 is 0.850 bits per heavy atom. The number of ether oxygens (including phenoxy) is 2. The van der Waals surface area contributed by atoms with Crippen molar-refractivity contribution in [1.82, 2.24) is 4.90 Å². The summed E-state index contributed by atoms with van der Waals surface area (Å²) in [5.41, 5.74) is 3.95. The molecule has 2 heterocycles. The fourth-order valence-corrected chi connectivity index (χ4v) is 6.42. The molecule has 4 aromatic carbocycles. The van der Waals surface area contributed by atoms with Gasteiger partial charge in [-0.15, -0.1) is 11.3 Å². The monoisotopic (exact) mass is 549 g/mol. The number of likely N-dealkylation sites (tertiary alicyclic amines) is 1. The van der Waals surface area contributed by atoms with Crippen LogP contribution in [0.2, 0.25) is 0 Å². The molecule has 0 saturated carbocycles. The van der Waals surface area contributed by atoms with Crippen LogP contribution >= 0.6 is 11.3 Å². The lowest BCUT2D eigenvalue weighted by Crippen LogP contribution is -2.25. The minimum atomic E-state index is -0.377. The van der Waals surface area contributed by atoms with Gasteiger partial charge in [0, 0.05) is 16.1 Å². The van der Waals surface area contributed by atoms with Crippen molar-refractivity contribution in [3.05, 3.63) is 114 Å². The zero-order valence-corrected chi connectivity index (χ0v) is 23.0. The van der Waals surface area contributed by atoms with Gasteiger partial charge in [0.2, 0.25) is 0 Å². The van der Waals surface area contributed by atoms with E-state index in [9.17, 15) is 9.90 Å². The van der Waals surface area contributed by atoms with Crippen LogP contribution in [0, 0.1) is 0 Å². The van der Waals surface area contributed by atoms with Gasteiger partial charge >= 0.3 is 5.97 Å². The van der Waals surface area contributed by atoms with Gasteiger partial charge in [-0.1, -0.05) is 30.3 Å². The molecule has 5 aromatic rings. The smallest absolute Gasteiger partial charge is 0.343 e. The molecular weight excluding hydrogens is 518 g/mol. The molecule has 5 nitrogen and oxygen atoms in total. The number of esters is 1. The fraction of sp³-hybridized carbons (Fsp3) is 0.206. The maximum atomic E-state index is 12.6. The normalized spacial score (nSPS) is 13.5. The van der Waals surface area contributed by atoms with Crippen LogP contribution in [-0.4, -0.2) is 42.2 Å². The third kappa shape index (κ3) is 6.03. The molecule has 1 aromatic heterocycles. The topological polar surface area (TPSA) is 59.0 Å². The number of benzene rings is 4. The molecule has 1 fully saturated rings. The van der Waals surface area contributed by atoms with Crippen molar-refractivity contribution >= 4 is 27.4 Å². The SMILES string of the molecule is O=C(Oc1ccc2c(Cc3ccc(OCCN4CCCC4)cc3)c(-c3ccc(O)cc3)sc2c1)c1ccccc1. The maximum Gasteiger partial charge on any atom is 0.343 e. The van der Waals surface area contributed by atoms with E-state index in [1.165, 1.54) is 37.1 Å². The number of fused-ring (bicyclic) bond motifs is 1. The van der Waals surface area contributed by atoms with Crippen LogP contribution in [0.25, 0.3) is 20.5 Å². The first kappa shape index (κ1) is 26.1. The average molecular weight is 550 g/mol. The van der Waals surface area contributed by atoms with Crippen LogP contribution in [0.1, 0.15) is 34.3 Å². The summed E-state index contributed by atoms with van der Waals surface area (Å²) in [5.74, 6) is 1.27. The van der Waals surface area contributed by atoms with Crippen molar-refractivity contribution in [1.29, 1.82) is 0 Å². The van der Waals surface area contributed by atoms with Gasteiger partial charge in [-0.05, 0) is 121 Å². The first-order chi connectivity index (χ1) is 19.6. The van der Waals surface area contributed by atoms with Crippen LogP contribution in [0.5, 0.6) is 17.2 Å². The highest BCUT2D eigenvalue weighted by atomic mass is 32.1. The van der Waals surface area contributed by atoms with E-state index in [0.717, 1.165) is 39.2 Å². The second-order valence-corrected chi connectivity index (χ2v) is 11.1. The summed E-state index contributed by atoms with van der Waals surface area (Å²) in [4.78, 5) is 16.2. The molecule has 1 saturated heterocycles. The Kier molecular flexibility index (Phi) is 7.80. The van der Waals surface area contributed by atoms with Crippen molar-refractivity contribution in [3.8, 4) is 27.7 Å². The molecule has 1 N–H and O–H groups in total. The molecule has 0 aliphatic carbocycles. The number of rotatable bonds is 9. The first-order valence-electron chi connectivity index (χ1n) is 13.7. The Hall–Kier alpha value is -4.13. The summed E-state index contributed by atoms with van der Waals surface area (Å²) >= 11 is 1.66. The molecule has 0 atom stereocenters. The van der Waals surface area contributed by atoms with Gasteiger partial charge < -0.3 is 14.6 Å². The van der Waals surface area contributed by atoms with Gasteiger partial charge in [0.1, 0.15) is 23.9 Å². The van der Waals surface area contributed by atoms with Gasteiger partial charge in [-0.3, -0.25) is 4.90 Å². The van der Waals surface area contributed by atoms with E-state index in [1.54, 1.807) is 35.6 Å². The van der Waals surface area contributed by atoms with Crippen LogP contribution in [-0.2, 0) is 6.42 Å². The minimum Gasteiger partial charge on any atom is -0.508 e. The molecule has 40 heavy (non-hydrogen) atoms. The highest BCUT2D eigenvalue weighted by Gasteiger charge is 2.17. The number of nitrogens with zero attached hydrogens (tertiary/aromatic N) is 1. The Balaban J connectivity index is 1.24. The number of thiophene rings is 1. The molecule has 1 aliphatic rings. The van der Waals surface area contributed by atoms with Gasteiger partial charge in [-0.2, -0.15) is 0 Å². The summed E-state index contributed by atoms with van der Waals surface area (Å²) in [6.07, 6.45) is 3.32. The molecule has 6 heteroatoms. The highest BCUT2D eigenvalue weighted by Crippen LogP contribution is 2.41. The van der Waals surface area contributed by atoms with E-state index in [1.807, 2.05) is 48.5 Å². The van der Waals surface area contributed by atoms with Crippen molar-refractivity contribution in [3.63, 3.8) is 0 Å². The van der Waals surface area contributed by atoms with Crippen molar-refractivity contribution in [2.75, 3.05) is 26.2 Å².